The van der Waals surface area contributed by atoms with Gasteiger partial charge in [-0.1, -0.05) is 0 Å². The van der Waals surface area contributed by atoms with E-state index in [4.69, 9.17) is 11.6 Å². The Morgan fingerprint density at radius 2 is 2.00 bits per heavy atom. The van der Waals surface area contributed by atoms with Gasteiger partial charge in [-0.15, -0.1) is 0 Å². The fourth-order valence-electron chi connectivity index (χ4n) is 1.15. The molecule has 0 amide bonds. The Balaban J connectivity index is 2.30. The molecule has 0 spiro atoms. The number of anilines is 2. The molecule has 2 rings (SSSR count). The van der Waals surface area contributed by atoms with Gasteiger partial charge in [0.2, 0.25) is 11.1 Å². The van der Waals surface area contributed by atoms with Crippen LogP contribution in [0.4, 0.5) is 17.2 Å². The molecule has 0 unspecified atom stereocenters. The number of halogens is 1. The monoisotopic (exact) mass is 251 g/mol. The van der Waals surface area contributed by atoms with Crippen molar-refractivity contribution in [2.45, 2.75) is 0 Å². The first-order valence-electron chi connectivity index (χ1n) is 4.51. The van der Waals surface area contributed by atoms with E-state index in [1.807, 2.05) is 0 Å². The van der Waals surface area contributed by atoms with Crippen LogP contribution in [0.2, 0.25) is 5.28 Å². The summed E-state index contributed by atoms with van der Waals surface area (Å²) in [5.74, 6) is 0.128. The molecule has 0 bridgehead atoms. The fourth-order valence-corrected chi connectivity index (χ4v) is 1.25. The van der Waals surface area contributed by atoms with Crippen LogP contribution in [0, 0.1) is 10.1 Å². The van der Waals surface area contributed by atoms with E-state index in [0.717, 1.165) is 0 Å². The molecule has 8 heteroatoms. The second-order valence-electron chi connectivity index (χ2n) is 2.99. The highest BCUT2D eigenvalue weighted by Gasteiger charge is 2.14. The third-order valence-electron chi connectivity index (χ3n) is 1.87. The minimum atomic E-state index is -0.522. The lowest BCUT2D eigenvalue weighted by Crippen LogP contribution is -1.99. The van der Waals surface area contributed by atoms with Crippen LogP contribution < -0.4 is 5.32 Å². The minimum Gasteiger partial charge on any atom is -0.332 e. The first-order chi connectivity index (χ1) is 8.16. The van der Waals surface area contributed by atoms with Gasteiger partial charge in [0.15, 0.2) is 0 Å². The highest BCUT2D eigenvalue weighted by Crippen LogP contribution is 2.23. The molecule has 17 heavy (non-hydrogen) atoms. The molecular formula is C9H6ClN5O2. The van der Waals surface area contributed by atoms with Crippen LogP contribution in [0.25, 0.3) is 0 Å². The number of nitrogens with zero attached hydrogens (tertiary/aromatic N) is 4. The second kappa shape index (κ2) is 4.71. The molecule has 86 valence electrons. The van der Waals surface area contributed by atoms with E-state index in [1.54, 1.807) is 0 Å². The molecule has 0 fully saturated rings. The van der Waals surface area contributed by atoms with Crippen LogP contribution in [-0.2, 0) is 0 Å². The molecule has 0 radical (unpaired) electrons. The van der Waals surface area contributed by atoms with Crippen LogP contribution in [-0.4, -0.2) is 19.9 Å². The van der Waals surface area contributed by atoms with Crippen molar-refractivity contribution in [3.05, 3.63) is 46.1 Å². The number of hydrogen-bond acceptors (Lipinski definition) is 6. The first-order valence-corrected chi connectivity index (χ1v) is 4.88. The van der Waals surface area contributed by atoms with Crippen LogP contribution in [0.15, 0.2) is 30.7 Å². The van der Waals surface area contributed by atoms with Gasteiger partial charge >= 0.3 is 5.69 Å². The summed E-state index contributed by atoms with van der Waals surface area (Å²) in [6.45, 7) is 0. The Morgan fingerprint density at radius 1 is 1.29 bits per heavy atom. The average Bonchev–Trinajstić information content (AvgIpc) is 2.32. The van der Waals surface area contributed by atoms with Crippen molar-refractivity contribution in [3.8, 4) is 0 Å². The molecule has 0 aliphatic heterocycles. The molecule has 0 atom stereocenters. The predicted octanol–water partition coefficient (Wildman–Crippen LogP) is 2.18. The lowest BCUT2D eigenvalue weighted by molar-refractivity contribution is -0.384. The van der Waals surface area contributed by atoms with E-state index in [2.05, 4.69) is 20.3 Å². The smallest absolute Gasteiger partial charge is 0.311 e. The highest BCUT2D eigenvalue weighted by molar-refractivity contribution is 6.28. The lowest BCUT2D eigenvalue weighted by Gasteiger charge is -2.04. The van der Waals surface area contributed by atoms with Crippen LogP contribution in [0.5, 0.6) is 0 Å². The Hall–Kier alpha value is -2.28. The predicted molar refractivity (Wildman–Crippen MR) is 61.2 cm³/mol. The Bertz CT molecular complexity index is 545. The number of nitro groups is 1. The normalized spacial score (nSPS) is 9.94. The van der Waals surface area contributed by atoms with Gasteiger partial charge in [-0.25, -0.2) is 15.0 Å². The topological polar surface area (TPSA) is 93.8 Å². The van der Waals surface area contributed by atoms with E-state index in [0.29, 0.717) is 5.69 Å². The molecule has 2 aromatic heterocycles. The molecule has 7 nitrogen and oxygen atoms in total. The summed E-state index contributed by atoms with van der Waals surface area (Å²) < 4.78 is 0. The van der Waals surface area contributed by atoms with Gasteiger partial charge in [-0.2, -0.15) is 0 Å². The maximum atomic E-state index is 10.7. The summed E-state index contributed by atoms with van der Waals surface area (Å²) in [5, 5.41) is 13.6. The van der Waals surface area contributed by atoms with Gasteiger partial charge < -0.3 is 5.32 Å². The number of nitrogens with one attached hydrogen (secondary N) is 1. The van der Waals surface area contributed by atoms with Crippen molar-refractivity contribution >= 4 is 28.8 Å². The number of aromatic nitrogens is 3. The Kier molecular flexibility index (Phi) is 3.10. The lowest BCUT2D eigenvalue weighted by atomic mass is 10.4. The SMILES string of the molecule is O=[N+]([O-])c1cccnc1Nc1cnc(Cl)nc1. The molecule has 0 aliphatic carbocycles. The molecule has 0 saturated carbocycles. The summed E-state index contributed by atoms with van der Waals surface area (Å²) in [6.07, 6.45) is 4.27. The molecule has 2 aromatic rings. The van der Waals surface area contributed by atoms with Crippen LogP contribution in [0.3, 0.4) is 0 Å². The zero-order chi connectivity index (χ0) is 12.3. The fraction of sp³-hybridized carbons (Fsp3) is 0. The zero-order valence-corrected chi connectivity index (χ0v) is 9.13. The summed E-state index contributed by atoms with van der Waals surface area (Å²) >= 11 is 5.52. The van der Waals surface area contributed by atoms with E-state index in [9.17, 15) is 10.1 Å². The van der Waals surface area contributed by atoms with Gasteiger partial charge in [-0.05, 0) is 17.7 Å². The van der Waals surface area contributed by atoms with E-state index in [1.165, 1.54) is 30.7 Å². The van der Waals surface area contributed by atoms with Gasteiger partial charge in [0, 0.05) is 12.3 Å². The average molecular weight is 252 g/mol. The summed E-state index contributed by atoms with van der Waals surface area (Å²) in [5.41, 5.74) is 0.346. The van der Waals surface area contributed by atoms with Crippen molar-refractivity contribution in [1.82, 2.24) is 15.0 Å². The highest BCUT2D eigenvalue weighted by atomic mass is 35.5. The Morgan fingerprint density at radius 3 is 2.65 bits per heavy atom. The maximum Gasteiger partial charge on any atom is 0.311 e. The number of rotatable bonds is 3. The summed E-state index contributed by atoms with van der Waals surface area (Å²) in [6, 6.07) is 2.84. The van der Waals surface area contributed by atoms with Crippen molar-refractivity contribution < 1.29 is 4.92 Å². The molecule has 0 saturated heterocycles. The van der Waals surface area contributed by atoms with Gasteiger partial charge in [0.25, 0.3) is 0 Å². The molecule has 0 aromatic carbocycles. The van der Waals surface area contributed by atoms with Gasteiger partial charge in [0.05, 0.1) is 23.0 Å². The van der Waals surface area contributed by atoms with Crippen molar-refractivity contribution in [2.24, 2.45) is 0 Å². The quantitative estimate of drug-likeness (QED) is 0.510. The third kappa shape index (κ3) is 2.64. The number of pyridine rings is 1. The standard InChI is InChI=1S/C9H6ClN5O2/c10-9-12-4-6(5-13-9)14-8-7(15(16)17)2-1-3-11-8/h1-5H,(H,11,14). The van der Waals surface area contributed by atoms with Crippen LogP contribution in [0.1, 0.15) is 0 Å². The molecular weight excluding hydrogens is 246 g/mol. The molecule has 2 heterocycles. The van der Waals surface area contributed by atoms with Gasteiger partial charge in [-0.3, -0.25) is 10.1 Å². The largest absolute Gasteiger partial charge is 0.332 e. The van der Waals surface area contributed by atoms with E-state index in [-0.39, 0.29) is 16.8 Å². The third-order valence-corrected chi connectivity index (χ3v) is 2.06. The number of hydrogen-bond donors (Lipinski definition) is 1. The van der Waals surface area contributed by atoms with E-state index < -0.39 is 4.92 Å². The van der Waals surface area contributed by atoms with Crippen LogP contribution >= 0.6 is 11.6 Å². The molecule has 0 aliphatic rings. The first kappa shape index (κ1) is 11.2. The van der Waals surface area contributed by atoms with E-state index >= 15 is 0 Å². The second-order valence-corrected chi connectivity index (χ2v) is 3.33. The van der Waals surface area contributed by atoms with Crippen molar-refractivity contribution in [1.29, 1.82) is 0 Å². The Labute approximate surface area is 101 Å². The maximum absolute atomic E-state index is 10.7. The summed E-state index contributed by atoms with van der Waals surface area (Å²) in [4.78, 5) is 21.6. The minimum absolute atomic E-state index is 0.103. The molecule has 1 N–H and O–H groups in total. The van der Waals surface area contributed by atoms with Crippen molar-refractivity contribution in [2.75, 3.05) is 5.32 Å². The summed E-state index contributed by atoms with van der Waals surface area (Å²) in [7, 11) is 0. The zero-order valence-electron chi connectivity index (χ0n) is 8.37. The van der Waals surface area contributed by atoms with Crippen molar-refractivity contribution in [3.63, 3.8) is 0 Å². The van der Waals surface area contributed by atoms with Gasteiger partial charge in [0.1, 0.15) is 0 Å².